The zero-order valence-corrected chi connectivity index (χ0v) is 9.33. The number of ether oxygens (including phenoxy) is 1. The van der Waals surface area contributed by atoms with Crippen LogP contribution in [0.3, 0.4) is 0 Å². The van der Waals surface area contributed by atoms with Crippen LogP contribution in [0.15, 0.2) is 18.3 Å². The summed E-state index contributed by atoms with van der Waals surface area (Å²) in [5.41, 5.74) is 1.03. The third-order valence-electron chi connectivity index (χ3n) is 2.58. The van der Waals surface area contributed by atoms with Crippen molar-refractivity contribution < 1.29 is 4.74 Å². The molecule has 1 fully saturated rings. The highest BCUT2D eigenvalue weighted by Gasteiger charge is 2.12. The molecule has 0 bridgehead atoms. The molecule has 0 atom stereocenters. The van der Waals surface area contributed by atoms with Gasteiger partial charge in [0.05, 0.1) is 10.7 Å². The van der Waals surface area contributed by atoms with Crippen molar-refractivity contribution in [2.75, 3.05) is 13.2 Å². The minimum absolute atomic E-state index is 0.566. The maximum Gasteiger partial charge on any atom is 0.0589 e. The van der Waals surface area contributed by atoms with Crippen LogP contribution in [0.4, 0.5) is 0 Å². The van der Waals surface area contributed by atoms with Crippen LogP contribution in [-0.4, -0.2) is 24.2 Å². The Morgan fingerprint density at radius 2 is 2.20 bits per heavy atom. The fraction of sp³-hybridized carbons (Fsp3) is 0.545. The summed E-state index contributed by atoms with van der Waals surface area (Å²) in [7, 11) is 0. The summed E-state index contributed by atoms with van der Waals surface area (Å²) in [6, 6.07) is 4.39. The average molecular weight is 227 g/mol. The molecule has 0 aromatic carbocycles. The van der Waals surface area contributed by atoms with Crippen LogP contribution >= 0.6 is 11.6 Å². The smallest absolute Gasteiger partial charge is 0.0589 e. The normalized spacial score (nSPS) is 17.9. The van der Waals surface area contributed by atoms with Crippen molar-refractivity contribution in [3.63, 3.8) is 0 Å². The van der Waals surface area contributed by atoms with E-state index < -0.39 is 0 Å². The number of nitrogens with one attached hydrogen (secondary N) is 1. The Balaban J connectivity index is 1.79. The van der Waals surface area contributed by atoms with E-state index in [1.807, 2.05) is 12.1 Å². The van der Waals surface area contributed by atoms with Gasteiger partial charge in [0.15, 0.2) is 0 Å². The first-order valence-electron chi connectivity index (χ1n) is 5.26. The molecule has 1 aliphatic heterocycles. The van der Waals surface area contributed by atoms with Gasteiger partial charge in [-0.3, -0.25) is 4.98 Å². The first kappa shape index (κ1) is 10.9. The zero-order valence-electron chi connectivity index (χ0n) is 8.58. The largest absolute Gasteiger partial charge is 0.381 e. The highest BCUT2D eigenvalue weighted by Crippen LogP contribution is 2.09. The molecule has 0 radical (unpaired) electrons. The molecule has 82 valence electrons. The Hall–Kier alpha value is -0.640. The standard InChI is InChI=1S/C11H15ClN2O/c12-9-1-2-11(13-7-9)8-14-10-3-5-15-6-4-10/h1-2,7,10,14H,3-6,8H2. The predicted molar refractivity (Wildman–Crippen MR) is 59.9 cm³/mol. The van der Waals surface area contributed by atoms with Crippen molar-refractivity contribution in [1.29, 1.82) is 0 Å². The van der Waals surface area contributed by atoms with Crippen molar-refractivity contribution in [2.45, 2.75) is 25.4 Å². The highest BCUT2D eigenvalue weighted by molar-refractivity contribution is 6.30. The molecule has 0 amide bonds. The third-order valence-corrected chi connectivity index (χ3v) is 2.81. The molecule has 1 aromatic heterocycles. The van der Waals surface area contributed by atoms with Gasteiger partial charge >= 0.3 is 0 Å². The summed E-state index contributed by atoms with van der Waals surface area (Å²) >= 11 is 5.76. The van der Waals surface area contributed by atoms with E-state index in [-0.39, 0.29) is 0 Å². The lowest BCUT2D eigenvalue weighted by Crippen LogP contribution is -2.34. The lowest BCUT2D eigenvalue weighted by atomic mass is 10.1. The second-order valence-electron chi connectivity index (χ2n) is 3.74. The van der Waals surface area contributed by atoms with Crippen molar-refractivity contribution in [2.24, 2.45) is 0 Å². The van der Waals surface area contributed by atoms with Gasteiger partial charge in [0.25, 0.3) is 0 Å². The molecule has 0 saturated carbocycles. The molecule has 0 aliphatic carbocycles. The fourth-order valence-corrected chi connectivity index (χ4v) is 1.77. The van der Waals surface area contributed by atoms with Crippen molar-refractivity contribution in [3.8, 4) is 0 Å². The second kappa shape index (κ2) is 5.45. The van der Waals surface area contributed by atoms with Crippen LogP contribution < -0.4 is 5.32 Å². The van der Waals surface area contributed by atoms with E-state index in [9.17, 15) is 0 Å². The number of hydrogen-bond acceptors (Lipinski definition) is 3. The molecule has 15 heavy (non-hydrogen) atoms. The number of rotatable bonds is 3. The van der Waals surface area contributed by atoms with Gasteiger partial charge in [0, 0.05) is 32.0 Å². The van der Waals surface area contributed by atoms with Gasteiger partial charge in [-0.2, -0.15) is 0 Å². The number of nitrogens with zero attached hydrogens (tertiary/aromatic N) is 1. The van der Waals surface area contributed by atoms with Crippen LogP contribution in [-0.2, 0) is 11.3 Å². The highest BCUT2D eigenvalue weighted by atomic mass is 35.5. The van der Waals surface area contributed by atoms with Crippen LogP contribution in [0.5, 0.6) is 0 Å². The lowest BCUT2D eigenvalue weighted by Gasteiger charge is -2.22. The third kappa shape index (κ3) is 3.45. The van der Waals surface area contributed by atoms with Gasteiger partial charge in [0.2, 0.25) is 0 Å². The molecule has 2 rings (SSSR count). The Bertz CT molecular complexity index is 296. The van der Waals surface area contributed by atoms with Crippen molar-refractivity contribution >= 4 is 11.6 Å². The molecule has 4 heteroatoms. The molecule has 0 unspecified atom stereocenters. The Morgan fingerprint density at radius 3 is 2.87 bits per heavy atom. The van der Waals surface area contributed by atoms with Crippen LogP contribution in [0.1, 0.15) is 18.5 Å². The maximum absolute atomic E-state index is 5.76. The van der Waals surface area contributed by atoms with E-state index in [0.29, 0.717) is 11.1 Å². The number of pyridine rings is 1. The molecule has 1 N–H and O–H groups in total. The van der Waals surface area contributed by atoms with Gasteiger partial charge < -0.3 is 10.1 Å². The molecule has 1 aromatic rings. The Labute approximate surface area is 94.8 Å². The quantitative estimate of drug-likeness (QED) is 0.856. The van der Waals surface area contributed by atoms with Crippen molar-refractivity contribution in [1.82, 2.24) is 10.3 Å². The average Bonchev–Trinajstić information content (AvgIpc) is 2.30. The molecule has 0 spiro atoms. The summed E-state index contributed by atoms with van der Waals surface area (Å²) in [5.74, 6) is 0. The van der Waals surface area contributed by atoms with Gasteiger partial charge in [-0.05, 0) is 25.0 Å². The minimum atomic E-state index is 0.566. The summed E-state index contributed by atoms with van der Waals surface area (Å²) in [4.78, 5) is 4.24. The van der Waals surface area contributed by atoms with Crippen LogP contribution in [0.2, 0.25) is 5.02 Å². The minimum Gasteiger partial charge on any atom is -0.381 e. The topological polar surface area (TPSA) is 34.1 Å². The molecule has 1 aliphatic rings. The molecular weight excluding hydrogens is 212 g/mol. The Morgan fingerprint density at radius 1 is 1.40 bits per heavy atom. The summed E-state index contributed by atoms with van der Waals surface area (Å²) in [5, 5.41) is 4.16. The van der Waals surface area contributed by atoms with Gasteiger partial charge in [-0.15, -0.1) is 0 Å². The SMILES string of the molecule is Clc1ccc(CNC2CCOCC2)nc1. The molecule has 3 nitrogen and oxygen atoms in total. The number of halogens is 1. The van der Waals surface area contributed by atoms with Crippen LogP contribution in [0, 0.1) is 0 Å². The van der Waals surface area contributed by atoms with Crippen molar-refractivity contribution in [3.05, 3.63) is 29.0 Å². The molecule has 2 heterocycles. The van der Waals surface area contributed by atoms with E-state index in [1.165, 1.54) is 0 Å². The molecular formula is C11H15ClN2O. The maximum atomic E-state index is 5.76. The van der Waals surface area contributed by atoms with E-state index in [2.05, 4.69) is 10.3 Å². The van der Waals surface area contributed by atoms with E-state index in [0.717, 1.165) is 38.3 Å². The summed E-state index contributed by atoms with van der Waals surface area (Å²) in [6.07, 6.45) is 3.86. The first-order chi connectivity index (χ1) is 7.34. The zero-order chi connectivity index (χ0) is 10.5. The van der Waals surface area contributed by atoms with E-state index in [1.54, 1.807) is 6.20 Å². The molecule has 1 saturated heterocycles. The number of aromatic nitrogens is 1. The van der Waals surface area contributed by atoms with Gasteiger partial charge in [0.1, 0.15) is 0 Å². The Kier molecular flexibility index (Phi) is 3.94. The van der Waals surface area contributed by atoms with Gasteiger partial charge in [-0.25, -0.2) is 0 Å². The monoisotopic (exact) mass is 226 g/mol. The number of hydrogen-bond donors (Lipinski definition) is 1. The van der Waals surface area contributed by atoms with Crippen LogP contribution in [0.25, 0.3) is 0 Å². The first-order valence-corrected chi connectivity index (χ1v) is 5.64. The van der Waals surface area contributed by atoms with E-state index >= 15 is 0 Å². The lowest BCUT2D eigenvalue weighted by molar-refractivity contribution is 0.0775. The summed E-state index contributed by atoms with van der Waals surface area (Å²) < 4.78 is 5.29. The summed E-state index contributed by atoms with van der Waals surface area (Å²) in [6.45, 7) is 2.54. The van der Waals surface area contributed by atoms with Gasteiger partial charge in [-0.1, -0.05) is 11.6 Å². The fourth-order valence-electron chi connectivity index (χ4n) is 1.66. The second-order valence-corrected chi connectivity index (χ2v) is 4.17. The predicted octanol–water partition coefficient (Wildman–Crippen LogP) is 2.00. The van der Waals surface area contributed by atoms with E-state index in [4.69, 9.17) is 16.3 Å².